The van der Waals surface area contributed by atoms with Gasteiger partial charge in [-0.2, -0.15) is 0 Å². The summed E-state index contributed by atoms with van der Waals surface area (Å²) in [5, 5.41) is 47.7. The Bertz CT molecular complexity index is 1360. The lowest BCUT2D eigenvalue weighted by Gasteiger charge is -2.50. The number of nitrogens with zero attached hydrogens (tertiary/aromatic N) is 2. The summed E-state index contributed by atoms with van der Waals surface area (Å²) in [7, 11) is 7.85. The van der Waals surface area contributed by atoms with Crippen LogP contribution >= 0.6 is 0 Å². The van der Waals surface area contributed by atoms with E-state index in [4.69, 9.17) is 10.5 Å². The second-order valence-electron chi connectivity index (χ2n) is 10.5. The summed E-state index contributed by atoms with van der Waals surface area (Å²) in [6, 6.07) is 0.365. The molecule has 3 unspecified atom stereocenters. The molecule has 7 N–H and O–H groups in total. The van der Waals surface area contributed by atoms with E-state index in [1.165, 1.54) is 32.2 Å². The third-order valence-electron chi connectivity index (χ3n) is 7.73. The Morgan fingerprint density at radius 2 is 1.82 bits per heavy atom. The molecular formula is C26H32N4O9. The number of phenolic OH excluding ortho intramolecular Hbond substituents is 1. The first kappa shape index (κ1) is 28.1. The number of aliphatic hydroxyl groups excluding tert-OH is 2. The van der Waals surface area contributed by atoms with Gasteiger partial charge in [0.2, 0.25) is 11.7 Å². The average molecular weight is 545 g/mol. The zero-order valence-corrected chi connectivity index (χ0v) is 22.2. The molecule has 3 aliphatic carbocycles. The molecule has 0 saturated heterocycles. The molecule has 13 heteroatoms. The number of phenols is 1. The first-order valence-corrected chi connectivity index (χ1v) is 12.2. The molecule has 0 spiro atoms. The Morgan fingerprint density at radius 1 is 1.18 bits per heavy atom. The summed E-state index contributed by atoms with van der Waals surface area (Å²) in [6.07, 6.45) is 0.105. The van der Waals surface area contributed by atoms with Gasteiger partial charge in [-0.3, -0.25) is 24.1 Å². The summed E-state index contributed by atoms with van der Waals surface area (Å²) >= 11 is 0. The number of rotatable bonds is 6. The quantitative estimate of drug-likeness (QED) is 0.201. The van der Waals surface area contributed by atoms with Crippen LogP contribution in [0.2, 0.25) is 0 Å². The van der Waals surface area contributed by atoms with E-state index >= 15 is 0 Å². The fourth-order valence-electron chi connectivity index (χ4n) is 6.10. The lowest BCUT2D eigenvalue weighted by atomic mass is 9.57. The van der Waals surface area contributed by atoms with Crippen LogP contribution in [0.3, 0.4) is 0 Å². The molecule has 1 aromatic rings. The number of benzene rings is 1. The molecule has 1 aromatic carbocycles. The fraction of sp³-hybridized carbons (Fsp3) is 0.462. The Hall–Kier alpha value is -3.94. The molecule has 13 nitrogen and oxygen atoms in total. The number of anilines is 2. The SMILES string of the molecule is COCC(=O)Nc1cc(N(C)C)c2c(c1O)C(O)=C1C(=O)C3(O)C(O)=C(C(N)=O)C(=O)[C@@H](N(C)C)C3CC1C2. The summed E-state index contributed by atoms with van der Waals surface area (Å²) in [6.45, 7) is -0.296. The second kappa shape index (κ2) is 9.67. The van der Waals surface area contributed by atoms with Crippen LogP contribution in [0.4, 0.5) is 11.4 Å². The molecule has 210 valence electrons. The number of fused-ring (bicyclic) bond motifs is 3. The van der Waals surface area contributed by atoms with Crippen molar-refractivity contribution in [1.82, 2.24) is 4.90 Å². The molecule has 0 bridgehead atoms. The smallest absolute Gasteiger partial charge is 0.255 e. The van der Waals surface area contributed by atoms with Crippen molar-refractivity contribution in [3.05, 3.63) is 34.1 Å². The highest BCUT2D eigenvalue weighted by molar-refractivity contribution is 6.24. The summed E-state index contributed by atoms with van der Waals surface area (Å²) in [5.41, 5.74) is 2.32. The molecule has 2 amide bonds. The van der Waals surface area contributed by atoms with E-state index in [0.29, 0.717) is 11.3 Å². The number of ether oxygens (including phenoxy) is 1. The number of hydrogen-bond donors (Lipinski definition) is 6. The number of carbonyl (C=O) groups is 4. The van der Waals surface area contributed by atoms with Gasteiger partial charge in [0.05, 0.1) is 17.3 Å². The maximum Gasteiger partial charge on any atom is 0.255 e. The van der Waals surface area contributed by atoms with E-state index < -0.39 is 69.7 Å². The Balaban J connectivity index is 1.97. The van der Waals surface area contributed by atoms with Gasteiger partial charge in [0.25, 0.3) is 5.91 Å². The molecule has 39 heavy (non-hydrogen) atoms. The van der Waals surface area contributed by atoms with E-state index in [1.54, 1.807) is 19.0 Å². The van der Waals surface area contributed by atoms with E-state index in [1.807, 2.05) is 0 Å². The zero-order chi connectivity index (χ0) is 29.1. The van der Waals surface area contributed by atoms with E-state index in [-0.39, 0.29) is 36.3 Å². The third kappa shape index (κ3) is 4.04. The molecule has 1 saturated carbocycles. The largest absolute Gasteiger partial charge is 0.508 e. The van der Waals surface area contributed by atoms with Gasteiger partial charge in [0, 0.05) is 38.4 Å². The third-order valence-corrected chi connectivity index (χ3v) is 7.73. The van der Waals surface area contributed by atoms with Gasteiger partial charge in [-0.25, -0.2) is 0 Å². The number of aromatic hydroxyl groups is 1. The highest BCUT2D eigenvalue weighted by Gasteiger charge is 2.64. The highest BCUT2D eigenvalue weighted by atomic mass is 16.5. The first-order valence-electron chi connectivity index (χ1n) is 12.2. The molecule has 0 heterocycles. The molecule has 0 aromatic heterocycles. The van der Waals surface area contributed by atoms with Crippen molar-refractivity contribution < 1.29 is 44.3 Å². The topological polar surface area (TPSA) is 203 Å². The second-order valence-corrected chi connectivity index (χ2v) is 10.5. The molecule has 3 aliphatic rings. The number of amides is 2. The normalized spacial score (nSPS) is 26.3. The molecule has 4 atom stereocenters. The van der Waals surface area contributed by atoms with Crippen LogP contribution in [0.15, 0.2) is 23.0 Å². The van der Waals surface area contributed by atoms with E-state index in [2.05, 4.69) is 5.32 Å². The van der Waals surface area contributed by atoms with Crippen LogP contribution in [-0.4, -0.2) is 102 Å². The van der Waals surface area contributed by atoms with Crippen molar-refractivity contribution >= 4 is 40.5 Å². The van der Waals surface area contributed by atoms with Crippen LogP contribution in [0.1, 0.15) is 17.5 Å². The Labute approximate surface area is 224 Å². The Morgan fingerprint density at radius 3 is 2.36 bits per heavy atom. The number of carbonyl (C=O) groups excluding carboxylic acids is 4. The van der Waals surface area contributed by atoms with Crippen LogP contribution in [-0.2, 0) is 30.3 Å². The number of likely N-dealkylation sites (N-methyl/N-ethyl adjacent to an activating group) is 1. The number of nitrogens with two attached hydrogens (primary N) is 1. The predicted octanol–water partition coefficient (Wildman–Crippen LogP) is -0.385. The highest BCUT2D eigenvalue weighted by Crippen LogP contribution is 2.54. The van der Waals surface area contributed by atoms with Gasteiger partial charge in [0.1, 0.15) is 29.4 Å². The monoisotopic (exact) mass is 544 g/mol. The van der Waals surface area contributed by atoms with Gasteiger partial charge in [-0.1, -0.05) is 0 Å². The summed E-state index contributed by atoms with van der Waals surface area (Å²) < 4.78 is 4.82. The number of ketones is 2. The number of primary amides is 1. The molecular weight excluding hydrogens is 512 g/mol. The number of hydrogen-bond acceptors (Lipinski definition) is 11. The molecule has 1 fully saturated rings. The van der Waals surface area contributed by atoms with Crippen molar-refractivity contribution in [2.45, 2.75) is 24.5 Å². The van der Waals surface area contributed by atoms with Gasteiger partial charge in [0.15, 0.2) is 11.4 Å². The predicted molar refractivity (Wildman–Crippen MR) is 139 cm³/mol. The van der Waals surface area contributed by atoms with Crippen molar-refractivity contribution in [2.75, 3.05) is 52.1 Å². The van der Waals surface area contributed by atoms with Crippen molar-refractivity contribution in [2.24, 2.45) is 17.6 Å². The molecule has 0 aliphatic heterocycles. The number of nitrogens with one attached hydrogen (secondary N) is 1. The lowest BCUT2D eigenvalue weighted by Crippen LogP contribution is -2.65. The van der Waals surface area contributed by atoms with Gasteiger partial charge >= 0.3 is 0 Å². The fourth-order valence-corrected chi connectivity index (χ4v) is 6.10. The minimum atomic E-state index is -2.73. The average Bonchev–Trinajstić information content (AvgIpc) is 2.82. The van der Waals surface area contributed by atoms with Crippen LogP contribution in [0.25, 0.3) is 5.76 Å². The first-order chi connectivity index (χ1) is 18.2. The van der Waals surface area contributed by atoms with Crippen LogP contribution in [0.5, 0.6) is 5.75 Å². The summed E-state index contributed by atoms with van der Waals surface area (Å²) in [5.74, 6) is -7.98. The summed E-state index contributed by atoms with van der Waals surface area (Å²) in [4.78, 5) is 54.6. The molecule has 4 rings (SSSR count). The number of aliphatic hydroxyl groups is 3. The Kier molecular flexibility index (Phi) is 6.96. The van der Waals surface area contributed by atoms with Crippen molar-refractivity contribution in [1.29, 1.82) is 0 Å². The van der Waals surface area contributed by atoms with Crippen molar-refractivity contribution in [3.63, 3.8) is 0 Å². The maximum absolute atomic E-state index is 13.9. The number of methoxy groups -OCH3 is 1. The minimum absolute atomic E-state index is 0.0221. The number of Topliss-reactive ketones (excluding diaryl/α,β-unsaturated/α-hetero) is 2. The van der Waals surface area contributed by atoms with Crippen molar-refractivity contribution in [3.8, 4) is 5.75 Å². The van der Waals surface area contributed by atoms with Gasteiger partial charge in [-0.15, -0.1) is 0 Å². The standard InChI is InChI=1S/C26H32N4O9/c1-29(2)14-8-13(28-15(31)9-39-5)20(32)17-11(14)6-10-7-12-19(30(3)4)22(34)18(25(27)37)24(36)26(12,38)23(35)16(10)21(17)33/h8,10,12,19,32-33,36,38H,6-7,9H2,1-5H3,(H2,27,37)(H,28,31)/t10?,12?,19-,26?/m0/s1. The van der Waals surface area contributed by atoms with Crippen LogP contribution in [0, 0.1) is 11.8 Å². The minimum Gasteiger partial charge on any atom is -0.508 e. The lowest BCUT2D eigenvalue weighted by molar-refractivity contribution is -0.153. The van der Waals surface area contributed by atoms with E-state index in [0.717, 1.165) is 0 Å². The van der Waals surface area contributed by atoms with Gasteiger partial charge < -0.3 is 41.1 Å². The van der Waals surface area contributed by atoms with Crippen LogP contribution < -0.4 is 16.0 Å². The zero-order valence-electron chi connectivity index (χ0n) is 22.2. The maximum atomic E-state index is 13.9. The van der Waals surface area contributed by atoms with Gasteiger partial charge in [-0.05, 0) is 44.5 Å². The molecule has 0 radical (unpaired) electrons. The van der Waals surface area contributed by atoms with E-state index in [9.17, 15) is 39.6 Å².